The van der Waals surface area contributed by atoms with Crippen molar-refractivity contribution in [3.05, 3.63) is 0 Å². The van der Waals surface area contributed by atoms with Gasteiger partial charge in [-0.2, -0.15) is 0 Å². The molecule has 1 heterocycles. The van der Waals surface area contributed by atoms with Crippen molar-refractivity contribution in [2.75, 3.05) is 31.8 Å². The van der Waals surface area contributed by atoms with E-state index in [2.05, 4.69) is 10.6 Å². The van der Waals surface area contributed by atoms with Crippen molar-refractivity contribution in [1.29, 1.82) is 0 Å². The highest BCUT2D eigenvalue weighted by Crippen LogP contribution is 2.11. The first-order chi connectivity index (χ1) is 9.61. The van der Waals surface area contributed by atoms with E-state index in [0.29, 0.717) is 19.6 Å². The highest BCUT2D eigenvalue weighted by atomic mass is 32.2. The van der Waals surface area contributed by atoms with Gasteiger partial charge in [-0.25, -0.2) is 13.2 Å². The molecular weight excluding hydrogens is 296 g/mol. The molecule has 0 saturated carbocycles. The Hall–Kier alpha value is -0.860. The summed E-state index contributed by atoms with van der Waals surface area (Å²) in [4.78, 5) is 11.8. The average Bonchev–Trinajstić information content (AvgIpc) is 2.27. The molecular formula is C13H26N2O5S. The fourth-order valence-electron chi connectivity index (χ4n) is 1.95. The van der Waals surface area contributed by atoms with Crippen LogP contribution in [0.5, 0.6) is 0 Å². The molecule has 0 bridgehead atoms. The summed E-state index contributed by atoms with van der Waals surface area (Å²) in [5.41, 5.74) is -0.550. The summed E-state index contributed by atoms with van der Waals surface area (Å²) >= 11 is 0. The lowest BCUT2D eigenvalue weighted by Gasteiger charge is -2.29. The molecule has 2 N–H and O–H groups in total. The van der Waals surface area contributed by atoms with Gasteiger partial charge in [-0.15, -0.1) is 0 Å². The second-order valence-electron chi connectivity index (χ2n) is 6.31. The molecule has 124 valence electrons. The minimum atomic E-state index is -2.84. The Morgan fingerprint density at radius 1 is 1.33 bits per heavy atom. The van der Waals surface area contributed by atoms with Crippen LogP contribution in [0.1, 0.15) is 27.2 Å². The molecule has 0 aromatic carbocycles. The number of ether oxygens (including phenoxy) is 2. The molecule has 1 rings (SSSR count). The van der Waals surface area contributed by atoms with Gasteiger partial charge in [0.2, 0.25) is 0 Å². The summed E-state index contributed by atoms with van der Waals surface area (Å²) in [6.45, 7) is 6.39. The van der Waals surface area contributed by atoms with Crippen LogP contribution >= 0.6 is 0 Å². The first-order valence-electron chi connectivity index (χ1n) is 7.03. The second-order valence-corrected chi connectivity index (χ2v) is 8.46. The van der Waals surface area contributed by atoms with Crippen LogP contribution in [0.15, 0.2) is 0 Å². The van der Waals surface area contributed by atoms with E-state index in [1.165, 1.54) is 0 Å². The van der Waals surface area contributed by atoms with Crippen LogP contribution < -0.4 is 10.6 Å². The molecule has 0 spiro atoms. The van der Waals surface area contributed by atoms with Crippen LogP contribution in [0.3, 0.4) is 0 Å². The molecule has 0 radical (unpaired) electrons. The number of rotatable bonds is 7. The lowest BCUT2D eigenvalue weighted by Crippen LogP contribution is -2.55. The predicted octanol–water partition coefficient (Wildman–Crippen LogP) is 0.303. The monoisotopic (exact) mass is 322 g/mol. The fourth-order valence-corrected chi connectivity index (χ4v) is 3.31. The maximum atomic E-state index is 11.8. The van der Waals surface area contributed by atoms with Gasteiger partial charge in [-0.05, 0) is 27.2 Å². The van der Waals surface area contributed by atoms with Crippen molar-refractivity contribution >= 4 is 15.9 Å². The number of alkyl carbamates (subject to hydrolysis) is 1. The number of sulfone groups is 1. The zero-order chi connectivity index (χ0) is 16.1. The van der Waals surface area contributed by atoms with Crippen molar-refractivity contribution in [3.8, 4) is 0 Å². The summed E-state index contributed by atoms with van der Waals surface area (Å²) < 4.78 is 32.4. The van der Waals surface area contributed by atoms with Crippen LogP contribution in [-0.2, 0) is 19.3 Å². The second kappa shape index (κ2) is 7.42. The van der Waals surface area contributed by atoms with Gasteiger partial charge in [0, 0.05) is 32.3 Å². The SMILES string of the molecule is COCCC(CNC1CS(=O)(=O)C1)NC(=O)OC(C)(C)C. The quantitative estimate of drug-likeness (QED) is 0.700. The summed E-state index contributed by atoms with van der Waals surface area (Å²) in [7, 11) is -1.25. The first kappa shape index (κ1) is 18.2. The molecule has 1 aliphatic heterocycles. The third kappa shape index (κ3) is 7.63. The molecule has 1 amide bonds. The molecule has 8 heteroatoms. The van der Waals surface area contributed by atoms with E-state index in [0.717, 1.165) is 0 Å². The number of methoxy groups -OCH3 is 1. The third-order valence-electron chi connectivity index (χ3n) is 2.95. The number of carbonyl (C=O) groups is 1. The van der Waals surface area contributed by atoms with E-state index in [4.69, 9.17) is 9.47 Å². The Balaban J connectivity index is 2.38. The number of nitrogens with one attached hydrogen (secondary N) is 2. The molecule has 1 fully saturated rings. The molecule has 0 aliphatic carbocycles. The van der Waals surface area contributed by atoms with Gasteiger partial charge >= 0.3 is 6.09 Å². The standard InChI is InChI=1S/C13H26N2O5S/c1-13(2,3)20-12(16)15-10(5-6-19-4)7-14-11-8-21(17,18)9-11/h10-11,14H,5-9H2,1-4H3,(H,15,16). The lowest BCUT2D eigenvalue weighted by atomic mass is 10.2. The largest absolute Gasteiger partial charge is 0.444 e. The van der Waals surface area contributed by atoms with Gasteiger partial charge in [0.25, 0.3) is 0 Å². The maximum absolute atomic E-state index is 11.8. The number of carbonyl (C=O) groups excluding carboxylic acids is 1. The van der Waals surface area contributed by atoms with Crippen LogP contribution in [0.2, 0.25) is 0 Å². The Morgan fingerprint density at radius 3 is 2.43 bits per heavy atom. The van der Waals surface area contributed by atoms with E-state index in [-0.39, 0.29) is 23.6 Å². The van der Waals surface area contributed by atoms with Crippen molar-refractivity contribution in [1.82, 2.24) is 10.6 Å². The van der Waals surface area contributed by atoms with Crippen LogP contribution in [0.25, 0.3) is 0 Å². The molecule has 7 nitrogen and oxygen atoms in total. The zero-order valence-corrected chi connectivity index (χ0v) is 14.0. The first-order valence-corrected chi connectivity index (χ1v) is 8.86. The van der Waals surface area contributed by atoms with Crippen LogP contribution in [0, 0.1) is 0 Å². The highest BCUT2D eigenvalue weighted by molar-refractivity contribution is 7.92. The molecule has 1 saturated heterocycles. The maximum Gasteiger partial charge on any atom is 0.407 e. The number of amides is 1. The predicted molar refractivity (Wildman–Crippen MR) is 80.1 cm³/mol. The van der Waals surface area contributed by atoms with Gasteiger partial charge in [0.05, 0.1) is 11.5 Å². The van der Waals surface area contributed by atoms with Crippen molar-refractivity contribution in [2.45, 2.75) is 44.9 Å². The summed E-state index contributed by atoms with van der Waals surface area (Å²) in [5.74, 6) is 0.326. The van der Waals surface area contributed by atoms with Gasteiger partial charge in [-0.1, -0.05) is 0 Å². The van der Waals surface area contributed by atoms with Crippen LogP contribution in [0.4, 0.5) is 4.79 Å². The van der Waals surface area contributed by atoms with E-state index in [1.807, 2.05) is 0 Å². The smallest absolute Gasteiger partial charge is 0.407 e. The Labute approximate surface area is 126 Å². The summed E-state index contributed by atoms with van der Waals surface area (Å²) in [6, 6.07) is -0.191. The van der Waals surface area contributed by atoms with Crippen molar-refractivity contribution in [3.63, 3.8) is 0 Å². The molecule has 21 heavy (non-hydrogen) atoms. The number of hydrogen-bond donors (Lipinski definition) is 2. The summed E-state index contributed by atoms with van der Waals surface area (Å²) in [6.07, 6.45) is 0.147. The lowest BCUT2D eigenvalue weighted by molar-refractivity contribution is 0.0492. The molecule has 1 atom stereocenters. The topological polar surface area (TPSA) is 93.7 Å². The van der Waals surface area contributed by atoms with Gasteiger partial charge < -0.3 is 20.1 Å². The van der Waals surface area contributed by atoms with Gasteiger partial charge in [0.1, 0.15) is 5.60 Å². The summed E-state index contributed by atoms with van der Waals surface area (Å²) in [5, 5.41) is 5.93. The minimum Gasteiger partial charge on any atom is -0.444 e. The Kier molecular flexibility index (Phi) is 6.42. The average molecular weight is 322 g/mol. The Morgan fingerprint density at radius 2 is 1.95 bits per heavy atom. The minimum absolute atomic E-state index is 0.0273. The normalized spacial score (nSPS) is 19.6. The van der Waals surface area contributed by atoms with E-state index >= 15 is 0 Å². The van der Waals surface area contributed by atoms with Crippen molar-refractivity contribution in [2.24, 2.45) is 0 Å². The van der Waals surface area contributed by atoms with Crippen molar-refractivity contribution < 1.29 is 22.7 Å². The third-order valence-corrected chi connectivity index (χ3v) is 4.77. The molecule has 0 aromatic rings. The van der Waals surface area contributed by atoms with E-state index < -0.39 is 21.5 Å². The van der Waals surface area contributed by atoms with E-state index in [9.17, 15) is 13.2 Å². The fraction of sp³-hybridized carbons (Fsp3) is 0.923. The number of hydrogen-bond acceptors (Lipinski definition) is 6. The Bertz CT molecular complexity index is 432. The zero-order valence-electron chi connectivity index (χ0n) is 13.1. The van der Waals surface area contributed by atoms with Gasteiger partial charge in [0.15, 0.2) is 9.84 Å². The van der Waals surface area contributed by atoms with Gasteiger partial charge in [-0.3, -0.25) is 0 Å². The van der Waals surface area contributed by atoms with E-state index in [1.54, 1.807) is 27.9 Å². The molecule has 0 aromatic heterocycles. The molecule has 1 aliphatic rings. The highest BCUT2D eigenvalue weighted by Gasteiger charge is 2.33. The van der Waals surface area contributed by atoms with Crippen LogP contribution in [-0.4, -0.2) is 64.0 Å². The molecule has 1 unspecified atom stereocenters.